The third kappa shape index (κ3) is 6.26. The molecule has 0 aliphatic carbocycles. The minimum Gasteiger partial charge on any atom is -0.355 e. The van der Waals surface area contributed by atoms with E-state index in [9.17, 15) is 9.59 Å². The molecular weight excluding hydrogens is 278 g/mol. The second kappa shape index (κ2) is 8.54. The van der Waals surface area contributed by atoms with Crippen LogP contribution in [0, 0.1) is 19.8 Å². The highest BCUT2D eigenvalue weighted by Gasteiger charge is 2.12. The maximum atomic E-state index is 12.1. The monoisotopic (exact) mass is 305 g/mol. The fourth-order valence-corrected chi connectivity index (χ4v) is 2.11. The fourth-order valence-electron chi connectivity index (χ4n) is 2.11. The van der Waals surface area contributed by atoms with E-state index in [2.05, 4.69) is 10.6 Å². The molecular formula is C17H27N3O2. The number of nitrogens with zero attached hydrogens (tertiary/aromatic N) is 1. The Hall–Kier alpha value is -1.88. The lowest BCUT2D eigenvalue weighted by Crippen LogP contribution is -2.40. The minimum atomic E-state index is -0.114. The van der Waals surface area contributed by atoms with Crippen molar-refractivity contribution in [2.45, 2.75) is 27.7 Å². The standard InChI is InChI=1S/C17H27N3O2/c1-12(2)9-18-15(21)10-20(5)11-16(22)19-17-13(3)7-6-8-14(17)4/h6-8,12H,9-11H2,1-5H3,(H,18,21)(H,19,22). The van der Waals surface area contributed by atoms with E-state index in [1.165, 1.54) is 0 Å². The Morgan fingerprint density at radius 1 is 1.09 bits per heavy atom. The fraction of sp³-hybridized carbons (Fsp3) is 0.529. The summed E-state index contributed by atoms with van der Waals surface area (Å²) in [4.78, 5) is 25.5. The summed E-state index contributed by atoms with van der Waals surface area (Å²) in [5.41, 5.74) is 2.92. The summed E-state index contributed by atoms with van der Waals surface area (Å²) in [6.07, 6.45) is 0. The molecule has 2 N–H and O–H groups in total. The minimum absolute atomic E-state index is 0.0592. The Morgan fingerprint density at radius 3 is 2.18 bits per heavy atom. The molecule has 0 radical (unpaired) electrons. The van der Waals surface area contributed by atoms with Gasteiger partial charge in [0, 0.05) is 12.2 Å². The lowest BCUT2D eigenvalue weighted by molar-refractivity contribution is -0.123. The molecule has 0 aliphatic rings. The maximum absolute atomic E-state index is 12.1. The number of para-hydroxylation sites is 1. The number of aryl methyl sites for hydroxylation is 2. The van der Waals surface area contributed by atoms with E-state index in [-0.39, 0.29) is 24.9 Å². The van der Waals surface area contributed by atoms with Crippen LogP contribution in [0.15, 0.2) is 18.2 Å². The van der Waals surface area contributed by atoms with Gasteiger partial charge in [-0.2, -0.15) is 0 Å². The Balaban J connectivity index is 2.46. The molecule has 22 heavy (non-hydrogen) atoms. The average Bonchev–Trinajstić information content (AvgIpc) is 2.40. The van der Waals surface area contributed by atoms with Gasteiger partial charge in [0.15, 0.2) is 0 Å². The number of nitrogens with one attached hydrogen (secondary N) is 2. The van der Waals surface area contributed by atoms with E-state index in [4.69, 9.17) is 0 Å². The van der Waals surface area contributed by atoms with Crippen LogP contribution in [0.3, 0.4) is 0 Å². The highest BCUT2D eigenvalue weighted by Crippen LogP contribution is 2.19. The van der Waals surface area contributed by atoms with Crippen LogP contribution < -0.4 is 10.6 Å². The second-order valence-electron chi connectivity index (χ2n) is 6.19. The van der Waals surface area contributed by atoms with Gasteiger partial charge in [-0.15, -0.1) is 0 Å². The van der Waals surface area contributed by atoms with Crippen molar-refractivity contribution in [2.24, 2.45) is 5.92 Å². The van der Waals surface area contributed by atoms with Crippen molar-refractivity contribution in [1.29, 1.82) is 0 Å². The summed E-state index contributed by atoms with van der Waals surface area (Å²) in [6, 6.07) is 5.89. The maximum Gasteiger partial charge on any atom is 0.238 e. The summed E-state index contributed by atoms with van der Waals surface area (Å²) in [5.74, 6) is 0.245. The van der Waals surface area contributed by atoms with Gasteiger partial charge in [0.2, 0.25) is 11.8 Å². The van der Waals surface area contributed by atoms with Crippen molar-refractivity contribution in [3.05, 3.63) is 29.3 Å². The predicted molar refractivity (Wildman–Crippen MR) is 89.9 cm³/mol. The van der Waals surface area contributed by atoms with E-state index >= 15 is 0 Å². The van der Waals surface area contributed by atoms with Crippen molar-refractivity contribution in [3.63, 3.8) is 0 Å². The molecule has 5 heteroatoms. The number of carbonyl (C=O) groups excluding carboxylic acids is 2. The van der Waals surface area contributed by atoms with E-state index in [1.54, 1.807) is 11.9 Å². The van der Waals surface area contributed by atoms with Crippen molar-refractivity contribution in [1.82, 2.24) is 10.2 Å². The number of benzene rings is 1. The number of hydrogen-bond acceptors (Lipinski definition) is 3. The average molecular weight is 305 g/mol. The van der Waals surface area contributed by atoms with Crippen molar-refractivity contribution < 1.29 is 9.59 Å². The second-order valence-corrected chi connectivity index (χ2v) is 6.19. The van der Waals surface area contributed by atoms with Gasteiger partial charge in [0.1, 0.15) is 0 Å². The number of amides is 2. The molecule has 0 unspecified atom stereocenters. The molecule has 0 aliphatic heterocycles. The molecule has 1 aromatic rings. The molecule has 0 fully saturated rings. The van der Waals surface area contributed by atoms with E-state index < -0.39 is 0 Å². The van der Waals surface area contributed by atoms with E-state index in [0.29, 0.717) is 12.5 Å². The van der Waals surface area contributed by atoms with Crippen LogP contribution in [-0.4, -0.2) is 43.4 Å². The smallest absolute Gasteiger partial charge is 0.238 e. The Labute approximate surface area is 133 Å². The number of hydrogen-bond donors (Lipinski definition) is 2. The van der Waals surface area contributed by atoms with Gasteiger partial charge in [-0.05, 0) is 37.9 Å². The summed E-state index contributed by atoms with van der Waals surface area (Å²) in [7, 11) is 1.76. The highest BCUT2D eigenvalue weighted by molar-refractivity contribution is 5.94. The van der Waals surface area contributed by atoms with Gasteiger partial charge in [-0.25, -0.2) is 0 Å². The molecule has 1 aromatic carbocycles. The molecule has 0 atom stereocenters. The number of likely N-dealkylation sites (N-methyl/N-ethyl adjacent to an activating group) is 1. The van der Waals surface area contributed by atoms with E-state index in [1.807, 2.05) is 45.9 Å². The van der Waals surface area contributed by atoms with Crippen LogP contribution in [0.1, 0.15) is 25.0 Å². The first-order chi connectivity index (χ1) is 10.3. The van der Waals surface area contributed by atoms with Crippen LogP contribution in [-0.2, 0) is 9.59 Å². The van der Waals surface area contributed by atoms with Gasteiger partial charge in [0.25, 0.3) is 0 Å². The van der Waals surface area contributed by atoms with Gasteiger partial charge >= 0.3 is 0 Å². The molecule has 0 saturated carbocycles. The van der Waals surface area contributed by atoms with Crippen LogP contribution in [0.4, 0.5) is 5.69 Å². The topological polar surface area (TPSA) is 61.4 Å². The lowest BCUT2D eigenvalue weighted by atomic mass is 10.1. The molecule has 5 nitrogen and oxygen atoms in total. The van der Waals surface area contributed by atoms with Crippen LogP contribution >= 0.6 is 0 Å². The SMILES string of the molecule is Cc1cccc(C)c1NC(=O)CN(C)CC(=O)NCC(C)C. The van der Waals surface area contributed by atoms with Crippen molar-refractivity contribution in [2.75, 3.05) is 32.0 Å². The predicted octanol–water partition coefficient (Wildman–Crippen LogP) is 1.95. The molecule has 0 heterocycles. The summed E-state index contributed by atoms with van der Waals surface area (Å²) in [6.45, 7) is 9.07. The zero-order valence-corrected chi connectivity index (χ0v) is 14.2. The molecule has 0 bridgehead atoms. The van der Waals surface area contributed by atoms with Crippen LogP contribution in [0.2, 0.25) is 0 Å². The van der Waals surface area contributed by atoms with Crippen LogP contribution in [0.5, 0.6) is 0 Å². The van der Waals surface area contributed by atoms with E-state index in [0.717, 1.165) is 16.8 Å². The molecule has 0 saturated heterocycles. The molecule has 0 spiro atoms. The third-order valence-electron chi connectivity index (χ3n) is 3.28. The number of rotatable bonds is 7. The Kier molecular flexibility index (Phi) is 7.05. The molecule has 0 aromatic heterocycles. The van der Waals surface area contributed by atoms with Gasteiger partial charge in [-0.3, -0.25) is 14.5 Å². The Bertz CT molecular complexity index is 506. The summed E-state index contributed by atoms with van der Waals surface area (Å²) >= 11 is 0. The third-order valence-corrected chi connectivity index (χ3v) is 3.28. The van der Waals surface area contributed by atoms with Gasteiger partial charge in [-0.1, -0.05) is 32.0 Å². The first-order valence-corrected chi connectivity index (χ1v) is 7.61. The van der Waals surface area contributed by atoms with Crippen LogP contribution in [0.25, 0.3) is 0 Å². The van der Waals surface area contributed by atoms with Crippen molar-refractivity contribution in [3.8, 4) is 0 Å². The summed E-state index contributed by atoms with van der Waals surface area (Å²) in [5, 5.41) is 5.76. The normalized spacial score (nSPS) is 10.9. The molecule has 1 rings (SSSR count). The quantitative estimate of drug-likeness (QED) is 0.809. The van der Waals surface area contributed by atoms with Crippen molar-refractivity contribution >= 4 is 17.5 Å². The highest BCUT2D eigenvalue weighted by atomic mass is 16.2. The van der Waals surface area contributed by atoms with Gasteiger partial charge < -0.3 is 10.6 Å². The number of anilines is 1. The lowest BCUT2D eigenvalue weighted by Gasteiger charge is -2.18. The Morgan fingerprint density at radius 2 is 1.64 bits per heavy atom. The first kappa shape index (κ1) is 18.2. The largest absolute Gasteiger partial charge is 0.355 e. The zero-order valence-electron chi connectivity index (χ0n) is 14.2. The zero-order chi connectivity index (χ0) is 16.7. The summed E-state index contributed by atoms with van der Waals surface area (Å²) < 4.78 is 0. The molecule has 122 valence electrons. The van der Waals surface area contributed by atoms with Gasteiger partial charge in [0.05, 0.1) is 13.1 Å². The first-order valence-electron chi connectivity index (χ1n) is 7.61. The number of carbonyl (C=O) groups is 2. The molecule has 2 amide bonds.